The van der Waals surface area contributed by atoms with Crippen LogP contribution in [0.2, 0.25) is 0 Å². The first-order valence-electron chi connectivity index (χ1n) is 11.5. The van der Waals surface area contributed by atoms with E-state index in [1.807, 2.05) is 37.3 Å². The van der Waals surface area contributed by atoms with E-state index in [0.29, 0.717) is 17.1 Å². The summed E-state index contributed by atoms with van der Waals surface area (Å²) < 4.78 is 11.6. The number of nitrogens with one attached hydrogen (secondary N) is 1. The summed E-state index contributed by atoms with van der Waals surface area (Å²) in [5.74, 6) is -0.0308. The number of pyridine rings is 1. The lowest BCUT2D eigenvalue weighted by atomic mass is 10.1. The van der Waals surface area contributed by atoms with Crippen LogP contribution in [0.5, 0.6) is 5.75 Å². The van der Waals surface area contributed by atoms with Gasteiger partial charge >= 0.3 is 5.97 Å². The van der Waals surface area contributed by atoms with Gasteiger partial charge < -0.3 is 14.8 Å². The third kappa shape index (κ3) is 5.25. The molecule has 2 heterocycles. The van der Waals surface area contributed by atoms with Crippen LogP contribution in [0.15, 0.2) is 60.8 Å². The highest BCUT2D eigenvalue weighted by Crippen LogP contribution is 2.25. The Hall–Kier alpha value is -4.53. The van der Waals surface area contributed by atoms with Crippen molar-refractivity contribution in [3.63, 3.8) is 0 Å². The minimum Gasteiger partial charge on any atom is -0.497 e. The number of methoxy groups -OCH3 is 1. The van der Waals surface area contributed by atoms with Gasteiger partial charge in [-0.1, -0.05) is 18.2 Å². The summed E-state index contributed by atoms with van der Waals surface area (Å²) in [6.45, 7) is 3.81. The normalized spacial score (nSPS) is 10.8. The summed E-state index contributed by atoms with van der Waals surface area (Å²) in [6.07, 6.45) is 1.25. The number of hydrogen-bond acceptors (Lipinski definition) is 7. The molecule has 0 aliphatic rings. The highest BCUT2D eigenvalue weighted by Gasteiger charge is 2.23. The number of carbonyl (C=O) groups excluding carboxylic acids is 3. The zero-order valence-electron chi connectivity index (χ0n) is 20.3. The standard InChI is InChI=1S/C27H26N4O5/c1-4-36-27(34)21-16-28-31(24-15-17(2)20-7-5-6-8-22(20)29-24)26(21)30-25(33)14-13-23(32)18-9-11-19(35-3)12-10-18/h5-12,15-16H,4,13-14H2,1-3H3,(H,30,33). The first kappa shape index (κ1) is 24.6. The summed E-state index contributed by atoms with van der Waals surface area (Å²) in [5, 5.41) is 8.04. The molecule has 0 unspecified atom stereocenters. The van der Waals surface area contributed by atoms with Crippen molar-refractivity contribution in [1.29, 1.82) is 0 Å². The molecule has 2 aromatic carbocycles. The molecule has 184 valence electrons. The van der Waals surface area contributed by atoms with Gasteiger partial charge in [-0.25, -0.2) is 9.78 Å². The van der Waals surface area contributed by atoms with E-state index in [1.54, 1.807) is 38.3 Å². The summed E-state index contributed by atoms with van der Waals surface area (Å²) in [4.78, 5) is 42.6. The highest BCUT2D eigenvalue weighted by atomic mass is 16.5. The fourth-order valence-electron chi connectivity index (χ4n) is 3.78. The van der Waals surface area contributed by atoms with E-state index in [9.17, 15) is 14.4 Å². The second-order valence-corrected chi connectivity index (χ2v) is 8.05. The van der Waals surface area contributed by atoms with Crippen molar-refractivity contribution in [2.45, 2.75) is 26.7 Å². The number of ether oxygens (including phenoxy) is 2. The number of ketones is 1. The molecule has 0 aliphatic carbocycles. The van der Waals surface area contributed by atoms with Gasteiger partial charge in [0.25, 0.3) is 0 Å². The number of aromatic nitrogens is 3. The summed E-state index contributed by atoms with van der Waals surface area (Å²) in [7, 11) is 1.55. The largest absolute Gasteiger partial charge is 0.497 e. The Labute approximate surface area is 208 Å². The van der Waals surface area contributed by atoms with Crippen LogP contribution >= 0.6 is 0 Å². The van der Waals surface area contributed by atoms with Crippen LogP contribution in [-0.2, 0) is 9.53 Å². The second-order valence-electron chi connectivity index (χ2n) is 8.05. The van der Waals surface area contributed by atoms with Gasteiger partial charge in [0.05, 0.1) is 25.4 Å². The number of fused-ring (bicyclic) bond motifs is 1. The molecule has 0 fully saturated rings. The first-order valence-corrected chi connectivity index (χ1v) is 11.5. The van der Waals surface area contributed by atoms with E-state index in [1.165, 1.54) is 10.9 Å². The molecule has 0 spiro atoms. The van der Waals surface area contributed by atoms with Gasteiger partial charge in [0.2, 0.25) is 5.91 Å². The molecule has 0 atom stereocenters. The number of esters is 1. The predicted octanol–water partition coefficient (Wildman–Crippen LogP) is 4.52. The van der Waals surface area contributed by atoms with Crippen LogP contribution in [0.4, 0.5) is 5.82 Å². The Kier molecular flexibility index (Phi) is 7.39. The second kappa shape index (κ2) is 10.8. The molecule has 1 N–H and O–H groups in total. The van der Waals surface area contributed by atoms with Crippen molar-refractivity contribution >= 4 is 34.4 Å². The van der Waals surface area contributed by atoms with Crippen LogP contribution < -0.4 is 10.1 Å². The Morgan fingerprint density at radius 2 is 1.78 bits per heavy atom. The van der Waals surface area contributed by atoms with Crippen molar-refractivity contribution in [3.05, 3.63) is 77.5 Å². The molecule has 0 radical (unpaired) electrons. The summed E-state index contributed by atoms with van der Waals surface area (Å²) in [6, 6.07) is 16.2. The predicted molar refractivity (Wildman–Crippen MR) is 135 cm³/mol. The number of para-hydroxylation sites is 1. The number of hydrogen-bond donors (Lipinski definition) is 1. The van der Waals surface area contributed by atoms with E-state index in [4.69, 9.17) is 9.47 Å². The van der Waals surface area contributed by atoms with Crippen molar-refractivity contribution in [3.8, 4) is 11.6 Å². The SMILES string of the molecule is CCOC(=O)c1cnn(-c2cc(C)c3ccccc3n2)c1NC(=O)CCC(=O)c1ccc(OC)cc1. The van der Waals surface area contributed by atoms with E-state index in [-0.39, 0.29) is 36.6 Å². The number of aryl methyl sites for hydroxylation is 1. The van der Waals surface area contributed by atoms with E-state index in [0.717, 1.165) is 16.5 Å². The number of anilines is 1. The molecule has 4 aromatic rings. The van der Waals surface area contributed by atoms with Crippen LogP contribution in [0.25, 0.3) is 16.7 Å². The number of benzene rings is 2. The Balaban J connectivity index is 1.58. The molecule has 9 nitrogen and oxygen atoms in total. The molecule has 36 heavy (non-hydrogen) atoms. The van der Waals surface area contributed by atoms with Crippen LogP contribution in [-0.4, -0.2) is 46.1 Å². The number of carbonyl (C=O) groups is 3. The molecular weight excluding hydrogens is 460 g/mol. The molecule has 2 aromatic heterocycles. The molecule has 4 rings (SSSR count). The Morgan fingerprint density at radius 3 is 2.50 bits per heavy atom. The lowest BCUT2D eigenvalue weighted by molar-refractivity contribution is -0.116. The number of nitrogens with zero attached hydrogens (tertiary/aromatic N) is 3. The zero-order valence-corrected chi connectivity index (χ0v) is 20.3. The minimum atomic E-state index is -0.620. The van der Waals surface area contributed by atoms with Gasteiger partial charge in [-0.3, -0.25) is 9.59 Å². The number of rotatable bonds is 9. The maximum absolute atomic E-state index is 12.8. The molecule has 0 saturated carbocycles. The zero-order chi connectivity index (χ0) is 25.7. The maximum atomic E-state index is 12.8. The van der Waals surface area contributed by atoms with Gasteiger partial charge in [-0.15, -0.1) is 0 Å². The van der Waals surface area contributed by atoms with Crippen molar-refractivity contribution in [2.75, 3.05) is 19.0 Å². The van der Waals surface area contributed by atoms with E-state index >= 15 is 0 Å². The quantitative estimate of drug-likeness (QED) is 0.273. The van der Waals surface area contributed by atoms with Crippen molar-refractivity contribution in [2.24, 2.45) is 0 Å². The van der Waals surface area contributed by atoms with Gasteiger partial charge in [-0.2, -0.15) is 9.78 Å². The van der Waals surface area contributed by atoms with Gasteiger partial charge in [0, 0.05) is 23.8 Å². The van der Waals surface area contributed by atoms with Crippen LogP contribution in [0, 0.1) is 6.92 Å². The molecule has 0 saturated heterocycles. The van der Waals surface area contributed by atoms with Crippen molar-refractivity contribution < 1.29 is 23.9 Å². The summed E-state index contributed by atoms with van der Waals surface area (Å²) >= 11 is 0. The molecule has 1 amide bonds. The third-order valence-electron chi connectivity index (χ3n) is 5.64. The van der Waals surface area contributed by atoms with Crippen LogP contribution in [0.1, 0.15) is 46.0 Å². The van der Waals surface area contributed by atoms with Crippen LogP contribution in [0.3, 0.4) is 0 Å². The molecule has 0 aliphatic heterocycles. The van der Waals surface area contributed by atoms with Gasteiger partial charge in [-0.05, 0) is 55.8 Å². The number of amides is 1. The fraction of sp³-hybridized carbons (Fsp3) is 0.222. The first-order chi connectivity index (χ1) is 17.4. The summed E-state index contributed by atoms with van der Waals surface area (Å²) in [5.41, 5.74) is 2.30. The lowest BCUT2D eigenvalue weighted by Gasteiger charge is -2.12. The number of Topliss-reactive ketones (excluding diaryl/α,β-unsaturated/α-hetero) is 1. The fourth-order valence-corrected chi connectivity index (χ4v) is 3.78. The van der Waals surface area contributed by atoms with E-state index < -0.39 is 11.9 Å². The Bertz CT molecular complexity index is 1430. The maximum Gasteiger partial charge on any atom is 0.343 e. The average Bonchev–Trinajstić information content (AvgIpc) is 3.31. The van der Waals surface area contributed by atoms with E-state index in [2.05, 4.69) is 15.4 Å². The van der Waals surface area contributed by atoms with Gasteiger partial charge in [0.1, 0.15) is 11.3 Å². The third-order valence-corrected chi connectivity index (χ3v) is 5.64. The molecule has 0 bridgehead atoms. The Morgan fingerprint density at radius 1 is 1.03 bits per heavy atom. The van der Waals surface area contributed by atoms with Crippen molar-refractivity contribution in [1.82, 2.24) is 14.8 Å². The topological polar surface area (TPSA) is 112 Å². The highest BCUT2D eigenvalue weighted by molar-refractivity contribution is 6.03. The average molecular weight is 487 g/mol. The lowest BCUT2D eigenvalue weighted by Crippen LogP contribution is -2.19. The monoisotopic (exact) mass is 486 g/mol. The molecular formula is C27H26N4O5. The molecule has 9 heteroatoms. The van der Waals surface area contributed by atoms with Gasteiger partial charge in [0.15, 0.2) is 17.4 Å². The minimum absolute atomic E-state index is 0.00558. The smallest absolute Gasteiger partial charge is 0.343 e.